The van der Waals surface area contributed by atoms with E-state index in [2.05, 4.69) is 23.3 Å². The van der Waals surface area contributed by atoms with E-state index in [1.165, 1.54) is 12.1 Å². The molecule has 0 saturated carbocycles. The molecule has 0 bridgehead atoms. The molecule has 9 nitrogen and oxygen atoms in total. The first kappa shape index (κ1) is 23.7. The Labute approximate surface area is 169 Å². The van der Waals surface area contributed by atoms with E-state index < -0.39 is 35.9 Å². The Morgan fingerprint density at radius 1 is 1.04 bits per heavy atom. The number of benzene rings is 1. The third-order valence-corrected chi connectivity index (χ3v) is 4.48. The van der Waals surface area contributed by atoms with Gasteiger partial charge in [0.1, 0.15) is 17.8 Å². The predicted octanol–water partition coefficient (Wildman–Crippen LogP) is -0.625. The molecule has 0 aliphatic carbocycles. The molecule has 28 heavy (non-hydrogen) atoms. The quantitative estimate of drug-likeness (QED) is 0.177. The summed E-state index contributed by atoms with van der Waals surface area (Å²) in [6, 6.07) is 3.11. The summed E-state index contributed by atoms with van der Waals surface area (Å²) in [6.45, 7) is 0.501. The molecule has 0 aromatic heterocycles. The normalized spacial score (nSPS) is 14.0. The van der Waals surface area contributed by atoms with Crippen LogP contribution in [0.2, 0.25) is 0 Å². The number of unbranched alkanes of at least 4 members (excludes halogenated alkanes) is 1. The first-order valence-electron chi connectivity index (χ1n) is 8.96. The smallest absolute Gasteiger partial charge is 0.327 e. The summed E-state index contributed by atoms with van der Waals surface area (Å²) in [5, 5.41) is 23.4. The molecule has 0 heterocycles. The molecule has 2 amide bonds. The summed E-state index contributed by atoms with van der Waals surface area (Å²) in [7, 11) is 0. The fraction of sp³-hybridized carbons (Fsp3) is 0.500. The predicted molar refractivity (Wildman–Crippen MR) is 108 cm³/mol. The van der Waals surface area contributed by atoms with Crippen LogP contribution in [0.1, 0.15) is 24.8 Å². The number of hydrogen-bond acceptors (Lipinski definition) is 7. The maximum atomic E-state index is 12.6. The number of phenolic OH excluding ortho intramolecular Hbond substituents is 1. The van der Waals surface area contributed by atoms with Gasteiger partial charge in [-0.1, -0.05) is 18.6 Å². The van der Waals surface area contributed by atoms with Crippen LogP contribution in [0.3, 0.4) is 0 Å². The van der Waals surface area contributed by atoms with Gasteiger partial charge in [0.05, 0.1) is 6.04 Å². The highest BCUT2D eigenvalue weighted by Crippen LogP contribution is 2.12. The number of nitrogens with one attached hydrogen (secondary N) is 2. The van der Waals surface area contributed by atoms with Gasteiger partial charge in [-0.15, -0.1) is 0 Å². The molecule has 0 aliphatic rings. The van der Waals surface area contributed by atoms with Gasteiger partial charge in [0.2, 0.25) is 11.8 Å². The van der Waals surface area contributed by atoms with Gasteiger partial charge in [-0.25, -0.2) is 4.79 Å². The molecule has 8 N–H and O–H groups in total. The number of rotatable bonds is 12. The van der Waals surface area contributed by atoms with Crippen molar-refractivity contribution < 1.29 is 24.6 Å². The van der Waals surface area contributed by atoms with Crippen molar-refractivity contribution >= 4 is 30.4 Å². The van der Waals surface area contributed by atoms with Crippen LogP contribution >= 0.6 is 12.6 Å². The number of carbonyl (C=O) groups is 3. The molecule has 1 aromatic carbocycles. The molecule has 0 saturated heterocycles. The highest BCUT2D eigenvalue weighted by molar-refractivity contribution is 7.80. The summed E-state index contributed by atoms with van der Waals surface area (Å²) < 4.78 is 0. The maximum absolute atomic E-state index is 12.6. The van der Waals surface area contributed by atoms with Crippen LogP contribution in [-0.2, 0) is 20.8 Å². The Morgan fingerprint density at radius 3 is 2.18 bits per heavy atom. The van der Waals surface area contributed by atoms with E-state index in [1.54, 1.807) is 12.1 Å². The van der Waals surface area contributed by atoms with Gasteiger partial charge in [-0.05, 0) is 37.1 Å². The van der Waals surface area contributed by atoms with E-state index in [0.717, 1.165) is 6.42 Å². The fourth-order valence-electron chi connectivity index (χ4n) is 2.45. The van der Waals surface area contributed by atoms with E-state index in [4.69, 9.17) is 16.6 Å². The Balaban J connectivity index is 2.87. The maximum Gasteiger partial charge on any atom is 0.327 e. The number of carboxylic acid groups (broad SMARTS) is 1. The molecule has 0 spiro atoms. The molecule has 0 fully saturated rings. The van der Waals surface area contributed by atoms with Gasteiger partial charge >= 0.3 is 5.97 Å². The number of nitrogens with two attached hydrogens (primary N) is 2. The molecule has 10 heteroatoms. The van der Waals surface area contributed by atoms with Crippen molar-refractivity contribution in [2.45, 2.75) is 43.8 Å². The second kappa shape index (κ2) is 12.2. The lowest BCUT2D eigenvalue weighted by Gasteiger charge is -2.22. The third kappa shape index (κ3) is 8.15. The van der Waals surface area contributed by atoms with E-state index in [0.29, 0.717) is 24.9 Å². The minimum atomic E-state index is -1.23. The number of hydrogen-bond donors (Lipinski definition) is 7. The lowest BCUT2D eigenvalue weighted by Crippen LogP contribution is -2.55. The molecule has 0 unspecified atom stereocenters. The van der Waals surface area contributed by atoms with Crippen LogP contribution in [0.5, 0.6) is 5.75 Å². The Morgan fingerprint density at radius 2 is 1.64 bits per heavy atom. The highest BCUT2D eigenvalue weighted by Gasteiger charge is 2.27. The Bertz CT molecular complexity index is 656. The molecular formula is C18H28N4O5S. The summed E-state index contributed by atoms with van der Waals surface area (Å²) in [5.74, 6) is -2.42. The first-order chi connectivity index (χ1) is 13.3. The number of carbonyl (C=O) groups excluding carboxylic acids is 2. The van der Waals surface area contributed by atoms with Crippen molar-refractivity contribution in [1.82, 2.24) is 10.6 Å². The summed E-state index contributed by atoms with van der Waals surface area (Å²) in [4.78, 5) is 36.1. The lowest BCUT2D eigenvalue weighted by molar-refractivity contribution is -0.141. The monoisotopic (exact) mass is 412 g/mol. The molecule has 3 atom stereocenters. The van der Waals surface area contributed by atoms with Crippen molar-refractivity contribution in [2.24, 2.45) is 11.5 Å². The van der Waals surface area contributed by atoms with Crippen molar-refractivity contribution in [3.63, 3.8) is 0 Å². The zero-order valence-electron chi connectivity index (χ0n) is 15.5. The first-order valence-corrected chi connectivity index (χ1v) is 9.59. The molecule has 156 valence electrons. The fourth-order valence-corrected chi connectivity index (χ4v) is 2.70. The molecule has 0 aliphatic heterocycles. The standard InChI is InChI=1S/C18H28N4O5S/c19-8-2-1-3-13(20)16(24)21-14(9-11-4-6-12(23)7-5-11)17(25)22-15(10-28)18(26)27/h4-7,13-15,23,28H,1-3,8-10,19-20H2,(H,21,24)(H,22,25)(H,26,27)/t13-,14+,15+/m1/s1. The molecule has 1 aromatic rings. The summed E-state index contributed by atoms with van der Waals surface area (Å²) in [5.41, 5.74) is 12.0. The number of aromatic hydroxyl groups is 1. The van der Waals surface area contributed by atoms with Crippen LogP contribution in [0.4, 0.5) is 0 Å². The van der Waals surface area contributed by atoms with Crippen LogP contribution < -0.4 is 22.1 Å². The Kier molecular flexibility index (Phi) is 10.4. The van der Waals surface area contributed by atoms with Crippen molar-refractivity contribution in [3.8, 4) is 5.75 Å². The van der Waals surface area contributed by atoms with Crippen molar-refractivity contribution in [2.75, 3.05) is 12.3 Å². The Hall–Kier alpha value is -2.30. The van der Waals surface area contributed by atoms with Gasteiger partial charge in [-0.2, -0.15) is 12.6 Å². The van der Waals surface area contributed by atoms with E-state index in [-0.39, 0.29) is 17.9 Å². The topological polar surface area (TPSA) is 168 Å². The number of aliphatic carboxylic acids is 1. The average molecular weight is 413 g/mol. The highest BCUT2D eigenvalue weighted by atomic mass is 32.1. The summed E-state index contributed by atoms with van der Waals surface area (Å²) >= 11 is 3.92. The van der Waals surface area contributed by atoms with E-state index in [1.807, 2.05) is 0 Å². The second-order valence-electron chi connectivity index (χ2n) is 6.40. The van der Waals surface area contributed by atoms with Gasteiger partial charge in [-0.3, -0.25) is 9.59 Å². The van der Waals surface area contributed by atoms with Gasteiger partial charge in [0.25, 0.3) is 0 Å². The summed E-state index contributed by atoms with van der Waals surface area (Å²) in [6.07, 6.45) is 1.94. The second-order valence-corrected chi connectivity index (χ2v) is 6.77. The zero-order valence-corrected chi connectivity index (χ0v) is 16.4. The van der Waals surface area contributed by atoms with Crippen molar-refractivity contribution in [3.05, 3.63) is 29.8 Å². The number of phenols is 1. The molecular weight excluding hydrogens is 384 g/mol. The van der Waals surface area contributed by atoms with Crippen LogP contribution in [0.15, 0.2) is 24.3 Å². The van der Waals surface area contributed by atoms with E-state index >= 15 is 0 Å². The SMILES string of the molecule is NCCCC[C@@H](N)C(=O)N[C@@H](Cc1ccc(O)cc1)C(=O)N[C@@H](CS)C(=O)O. The van der Waals surface area contributed by atoms with Crippen molar-refractivity contribution in [1.29, 1.82) is 0 Å². The number of carboxylic acids is 1. The van der Waals surface area contributed by atoms with Crippen LogP contribution in [0, 0.1) is 0 Å². The van der Waals surface area contributed by atoms with Gasteiger partial charge in [0.15, 0.2) is 0 Å². The van der Waals surface area contributed by atoms with Crippen LogP contribution in [-0.4, -0.2) is 58.4 Å². The van der Waals surface area contributed by atoms with E-state index in [9.17, 15) is 19.5 Å². The molecule has 0 radical (unpaired) electrons. The number of thiol groups is 1. The third-order valence-electron chi connectivity index (χ3n) is 4.11. The average Bonchev–Trinajstić information content (AvgIpc) is 2.66. The number of amides is 2. The largest absolute Gasteiger partial charge is 0.508 e. The zero-order chi connectivity index (χ0) is 21.1. The minimum Gasteiger partial charge on any atom is -0.508 e. The lowest BCUT2D eigenvalue weighted by atomic mass is 10.0. The van der Waals surface area contributed by atoms with Crippen LogP contribution in [0.25, 0.3) is 0 Å². The molecule has 1 rings (SSSR count). The van der Waals surface area contributed by atoms with Gasteiger partial charge < -0.3 is 32.3 Å². The van der Waals surface area contributed by atoms with Gasteiger partial charge in [0, 0.05) is 12.2 Å². The minimum absolute atomic E-state index is 0.0664.